The van der Waals surface area contributed by atoms with E-state index in [0.29, 0.717) is 19.6 Å². The standard InChI is InChI=1S/C12H15FN2O2/c13-10-3-1-2-9(6-10)8-15-5-4-14-7-11(15)12(16)17/h1-3,6,11,14H,4-5,7-8H2,(H,16,17). The number of hydrogen-bond donors (Lipinski definition) is 2. The van der Waals surface area contributed by atoms with Crippen LogP contribution in [0.2, 0.25) is 0 Å². The van der Waals surface area contributed by atoms with Gasteiger partial charge in [-0.2, -0.15) is 0 Å². The van der Waals surface area contributed by atoms with Gasteiger partial charge in [0.25, 0.3) is 0 Å². The minimum Gasteiger partial charge on any atom is -0.480 e. The van der Waals surface area contributed by atoms with Crippen LogP contribution >= 0.6 is 0 Å². The molecule has 1 aliphatic rings. The molecule has 2 N–H and O–H groups in total. The van der Waals surface area contributed by atoms with Gasteiger partial charge in [-0.25, -0.2) is 4.39 Å². The maximum atomic E-state index is 13.0. The number of carboxylic acid groups (broad SMARTS) is 1. The molecule has 5 heteroatoms. The third-order valence-corrected chi connectivity index (χ3v) is 2.91. The third kappa shape index (κ3) is 3.01. The van der Waals surface area contributed by atoms with E-state index in [1.54, 1.807) is 6.07 Å². The first-order valence-electron chi connectivity index (χ1n) is 5.59. The minimum atomic E-state index is -0.839. The summed E-state index contributed by atoms with van der Waals surface area (Å²) in [6.07, 6.45) is 0. The summed E-state index contributed by atoms with van der Waals surface area (Å²) in [7, 11) is 0. The molecule has 0 spiro atoms. The number of hydrogen-bond acceptors (Lipinski definition) is 3. The molecule has 92 valence electrons. The number of rotatable bonds is 3. The Bertz CT molecular complexity index is 411. The predicted molar refractivity (Wildman–Crippen MR) is 61.1 cm³/mol. The quantitative estimate of drug-likeness (QED) is 0.813. The normalized spacial score (nSPS) is 21.4. The van der Waals surface area contributed by atoms with E-state index in [1.807, 2.05) is 11.0 Å². The SMILES string of the molecule is O=C(O)C1CNCCN1Cc1cccc(F)c1. The van der Waals surface area contributed by atoms with E-state index < -0.39 is 12.0 Å². The largest absolute Gasteiger partial charge is 0.480 e. The van der Waals surface area contributed by atoms with Crippen molar-refractivity contribution >= 4 is 5.97 Å². The van der Waals surface area contributed by atoms with Crippen molar-refractivity contribution in [3.8, 4) is 0 Å². The molecule has 1 aromatic carbocycles. The van der Waals surface area contributed by atoms with Gasteiger partial charge >= 0.3 is 5.97 Å². The van der Waals surface area contributed by atoms with Gasteiger partial charge in [0.1, 0.15) is 11.9 Å². The highest BCUT2D eigenvalue weighted by atomic mass is 19.1. The average molecular weight is 238 g/mol. The molecule has 0 aromatic heterocycles. The topological polar surface area (TPSA) is 52.6 Å². The highest BCUT2D eigenvalue weighted by Crippen LogP contribution is 2.11. The van der Waals surface area contributed by atoms with Crippen molar-refractivity contribution in [1.82, 2.24) is 10.2 Å². The van der Waals surface area contributed by atoms with E-state index in [1.165, 1.54) is 12.1 Å². The highest BCUT2D eigenvalue weighted by Gasteiger charge is 2.27. The smallest absolute Gasteiger partial charge is 0.322 e. The molecule has 1 fully saturated rings. The summed E-state index contributed by atoms with van der Waals surface area (Å²) in [6.45, 7) is 2.33. The Kier molecular flexibility index (Phi) is 3.71. The second-order valence-corrected chi connectivity index (χ2v) is 4.16. The zero-order chi connectivity index (χ0) is 12.3. The van der Waals surface area contributed by atoms with Crippen LogP contribution in [0, 0.1) is 5.82 Å². The monoisotopic (exact) mass is 238 g/mol. The van der Waals surface area contributed by atoms with Crippen LogP contribution in [0.15, 0.2) is 24.3 Å². The Balaban J connectivity index is 2.08. The van der Waals surface area contributed by atoms with Crippen molar-refractivity contribution < 1.29 is 14.3 Å². The number of carbonyl (C=O) groups is 1. The highest BCUT2D eigenvalue weighted by molar-refractivity contribution is 5.74. The van der Waals surface area contributed by atoms with Gasteiger partial charge in [-0.1, -0.05) is 12.1 Å². The number of halogens is 1. The molecule has 0 saturated carbocycles. The summed E-state index contributed by atoms with van der Waals surface area (Å²) in [6, 6.07) is 5.75. The van der Waals surface area contributed by atoms with Crippen molar-refractivity contribution in [2.75, 3.05) is 19.6 Å². The van der Waals surface area contributed by atoms with Gasteiger partial charge in [0.2, 0.25) is 0 Å². The zero-order valence-electron chi connectivity index (χ0n) is 9.40. The lowest BCUT2D eigenvalue weighted by molar-refractivity contribution is -0.144. The number of piperazine rings is 1. The Morgan fingerprint density at radius 2 is 2.41 bits per heavy atom. The van der Waals surface area contributed by atoms with Gasteiger partial charge in [-0.15, -0.1) is 0 Å². The van der Waals surface area contributed by atoms with Gasteiger partial charge in [-0.05, 0) is 17.7 Å². The lowest BCUT2D eigenvalue weighted by atomic mass is 10.1. The Hall–Kier alpha value is -1.46. The number of aliphatic carboxylic acids is 1. The fraction of sp³-hybridized carbons (Fsp3) is 0.417. The average Bonchev–Trinajstić information content (AvgIpc) is 2.29. The van der Waals surface area contributed by atoms with E-state index in [-0.39, 0.29) is 5.82 Å². The molecule has 1 atom stereocenters. The second kappa shape index (κ2) is 5.25. The summed E-state index contributed by atoms with van der Waals surface area (Å²) in [5.41, 5.74) is 0.804. The molecule has 1 aromatic rings. The van der Waals surface area contributed by atoms with Crippen molar-refractivity contribution in [2.45, 2.75) is 12.6 Å². The van der Waals surface area contributed by atoms with Gasteiger partial charge < -0.3 is 10.4 Å². The Morgan fingerprint density at radius 3 is 3.12 bits per heavy atom. The van der Waals surface area contributed by atoms with Crippen LogP contribution in [0.25, 0.3) is 0 Å². The molecule has 0 bridgehead atoms. The molecule has 4 nitrogen and oxygen atoms in total. The summed E-state index contributed by atoms with van der Waals surface area (Å²) in [5, 5.41) is 12.1. The maximum absolute atomic E-state index is 13.0. The summed E-state index contributed by atoms with van der Waals surface area (Å²) in [5.74, 6) is -1.13. The maximum Gasteiger partial charge on any atom is 0.322 e. The van der Waals surface area contributed by atoms with Crippen LogP contribution in [0.1, 0.15) is 5.56 Å². The third-order valence-electron chi connectivity index (χ3n) is 2.91. The molecular formula is C12H15FN2O2. The fourth-order valence-electron chi connectivity index (χ4n) is 2.05. The molecule has 1 unspecified atom stereocenters. The zero-order valence-corrected chi connectivity index (χ0v) is 9.40. The number of benzene rings is 1. The molecule has 1 saturated heterocycles. The van der Waals surface area contributed by atoms with E-state index in [9.17, 15) is 9.18 Å². The van der Waals surface area contributed by atoms with Crippen molar-refractivity contribution in [3.05, 3.63) is 35.6 Å². The number of nitrogens with one attached hydrogen (secondary N) is 1. The van der Waals surface area contributed by atoms with Crippen LogP contribution in [-0.4, -0.2) is 41.7 Å². The molecular weight excluding hydrogens is 223 g/mol. The van der Waals surface area contributed by atoms with E-state index in [0.717, 1.165) is 12.1 Å². The van der Waals surface area contributed by atoms with Crippen molar-refractivity contribution in [1.29, 1.82) is 0 Å². The van der Waals surface area contributed by atoms with Crippen molar-refractivity contribution in [2.24, 2.45) is 0 Å². The second-order valence-electron chi connectivity index (χ2n) is 4.16. The first kappa shape index (κ1) is 12.0. The summed E-state index contributed by atoms with van der Waals surface area (Å²) < 4.78 is 13.0. The van der Waals surface area contributed by atoms with Crippen LogP contribution < -0.4 is 5.32 Å². The molecule has 2 rings (SSSR count). The molecule has 0 aliphatic carbocycles. The molecule has 1 aliphatic heterocycles. The lowest BCUT2D eigenvalue weighted by Gasteiger charge is -2.33. The van der Waals surface area contributed by atoms with E-state index in [4.69, 9.17) is 5.11 Å². The van der Waals surface area contributed by atoms with Gasteiger partial charge in [-0.3, -0.25) is 9.69 Å². The number of nitrogens with zero attached hydrogens (tertiary/aromatic N) is 1. The van der Waals surface area contributed by atoms with E-state index >= 15 is 0 Å². The number of carboxylic acids is 1. The van der Waals surface area contributed by atoms with E-state index in [2.05, 4.69) is 5.32 Å². The van der Waals surface area contributed by atoms with Gasteiger partial charge in [0, 0.05) is 26.2 Å². The first-order chi connectivity index (χ1) is 8.16. The molecule has 0 amide bonds. The van der Waals surface area contributed by atoms with Crippen LogP contribution in [0.3, 0.4) is 0 Å². The van der Waals surface area contributed by atoms with Gasteiger partial charge in [0.05, 0.1) is 0 Å². The van der Waals surface area contributed by atoms with Crippen molar-refractivity contribution in [3.63, 3.8) is 0 Å². The van der Waals surface area contributed by atoms with Gasteiger partial charge in [0.15, 0.2) is 0 Å². The van der Waals surface area contributed by atoms with Crippen LogP contribution in [0.5, 0.6) is 0 Å². The van der Waals surface area contributed by atoms with Crippen LogP contribution in [-0.2, 0) is 11.3 Å². The molecule has 0 radical (unpaired) electrons. The summed E-state index contributed by atoms with van der Waals surface area (Å²) >= 11 is 0. The Morgan fingerprint density at radius 1 is 1.59 bits per heavy atom. The van der Waals surface area contributed by atoms with Crippen LogP contribution in [0.4, 0.5) is 4.39 Å². The predicted octanol–water partition coefficient (Wildman–Crippen LogP) is 0.684. The minimum absolute atomic E-state index is 0.287. The molecule has 1 heterocycles. The fourth-order valence-corrected chi connectivity index (χ4v) is 2.05. The molecule has 17 heavy (non-hydrogen) atoms. The Labute approximate surface area is 99.0 Å². The lowest BCUT2D eigenvalue weighted by Crippen LogP contribution is -2.54. The first-order valence-corrected chi connectivity index (χ1v) is 5.59. The summed E-state index contributed by atoms with van der Waals surface area (Å²) in [4.78, 5) is 12.9.